The minimum atomic E-state index is -0.266. The molecule has 3 aromatic carbocycles. The number of benzene rings is 3. The van der Waals surface area contributed by atoms with E-state index in [2.05, 4.69) is 5.32 Å². The lowest BCUT2D eigenvalue weighted by molar-refractivity contribution is -0.121. The number of hydrogen-bond donors (Lipinski definition) is 1. The van der Waals surface area contributed by atoms with Gasteiger partial charge in [0.1, 0.15) is 23.0 Å². The Morgan fingerprint density at radius 3 is 2.18 bits per heavy atom. The molecule has 4 rings (SSSR count). The molecular formula is C23H21NO4. The second-order valence-electron chi connectivity index (χ2n) is 6.53. The van der Waals surface area contributed by atoms with Gasteiger partial charge in [0.25, 0.3) is 0 Å². The van der Waals surface area contributed by atoms with E-state index in [1.807, 2.05) is 60.7 Å². The molecule has 5 nitrogen and oxygen atoms in total. The molecule has 0 unspecified atom stereocenters. The highest BCUT2D eigenvalue weighted by molar-refractivity contribution is 5.81. The molecule has 0 aliphatic carbocycles. The fourth-order valence-electron chi connectivity index (χ4n) is 3.45. The Hall–Kier alpha value is -3.47. The fraction of sp³-hybridized carbons (Fsp3) is 0.174. The van der Waals surface area contributed by atoms with Crippen LogP contribution in [0.1, 0.15) is 22.7 Å². The molecule has 1 aliphatic heterocycles. The van der Waals surface area contributed by atoms with E-state index in [9.17, 15) is 4.79 Å². The van der Waals surface area contributed by atoms with Crippen LogP contribution in [0, 0.1) is 0 Å². The number of nitrogens with one attached hydrogen (secondary N) is 1. The minimum absolute atomic E-state index is 0.0972. The lowest BCUT2D eigenvalue weighted by Gasteiger charge is -2.29. The van der Waals surface area contributed by atoms with Crippen LogP contribution >= 0.6 is 0 Å². The highest BCUT2D eigenvalue weighted by atomic mass is 16.5. The van der Waals surface area contributed by atoms with Crippen molar-refractivity contribution in [2.24, 2.45) is 0 Å². The van der Waals surface area contributed by atoms with E-state index in [1.54, 1.807) is 20.3 Å². The van der Waals surface area contributed by atoms with Crippen molar-refractivity contribution in [2.75, 3.05) is 14.2 Å². The number of fused-ring (bicyclic) bond motifs is 2. The molecule has 0 saturated carbocycles. The summed E-state index contributed by atoms with van der Waals surface area (Å²) in [6.45, 7) is 0. The molecule has 1 N–H and O–H groups in total. The Kier molecular flexibility index (Phi) is 4.89. The number of para-hydroxylation sites is 2. The van der Waals surface area contributed by atoms with Crippen molar-refractivity contribution in [1.82, 2.24) is 5.32 Å². The van der Waals surface area contributed by atoms with Crippen molar-refractivity contribution in [1.29, 1.82) is 0 Å². The van der Waals surface area contributed by atoms with Crippen molar-refractivity contribution in [3.63, 3.8) is 0 Å². The van der Waals surface area contributed by atoms with Gasteiger partial charge < -0.3 is 19.5 Å². The van der Waals surface area contributed by atoms with E-state index < -0.39 is 0 Å². The lowest BCUT2D eigenvalue weighted by Crippen LogP contribution is -2.32. The van der Waals surface area contributed by atoms with Gasteiger partial charge >= 0.3 is 0 Å². The normalized spacial score (nSPS) is 12.4. The molecule has 0 saturated heterocycles. The van der Waals surface area contributed by atoms with Gasteiger partial charge in [-0.3, -0.25) is 4.79 Å². The maximum Gasteiger partial charge on any atom is 0.225 e. The fourth-order valence-corrected chi connectivity index (χ4v) is 3.45. The number of hydrogen-bond acceptors (Lipinski definition) is 4. The average molecular weight is 375 g/mol. The Balaban J connectivity index is 1.60. The summed E-state index contributed by atoms with van der Waals surface area (Å²) < 4.78 is 16.6. The third-order valence-electron chi connectivity index (χ3n) is 4.83. The molecule has 1 amide bonds. The number of amides is 1. The molecule has 0 aromatic heterocycles. The van der Waals surface area contributed by atoms with Crippen LogP contribution < -0.4 is 19.5 Å². The first-order valence-corrected chi connectivity index (χ1v) is 9.05. The van der Waals surface area contributed by atoms with Gasteiger partial charge in [0.2, 0.25) is 5.91 Å². The molecule has 5 heteroatoms. The zero-order valence-corrected chi connectivity index (χ0v) is 15.8. The van der Waals surface area contributed by atoms with Gasteiger partial charge in [-0.15, -0.1) is 0 Å². The largest absolute Gasteiger partial charge is 0.497 e. The molecule has 0 spiro atoms. The van der Waals surface area contributed by atoms with E-state index in [-0.39, 0.29) is 18.4 Å². The summed E-state index contributed by atoms with van der Waals surface area (Å²) in [6.07, 6.45) is 0.203. The van der Waals surface area contributed by atoms with Crippen LogP contribution in [0.4, 0.5) is 0 Å². The zero-order valence-electron chi connectivity index (χ0n) is 15.8. The van der Waals surface area contributed by atoms with Crippen LogP contribution in [0.5, 0.6) is 23.0 Å². The van der Waals surface area contributed by atoms with Gasteiger partial charge in [0.15, 0.2) is 0 Å². The van der Waals surface area contributed by atoms with E-state index >= 15 is 0 Å². The predicted octanol–water partition coefficient (Wildman–Crippen LogP) is 4.26. The monoisotopic (exact) mass is 375 g/mol. The first kappa shape index (κ1) is 17.9. The summed E-state index contributed by atoms with van der Waals surface area (Å²) in [5.74, 6) is 2.73. The summed E-state index contributed by atoms with van der Waals surface area (Å²) in [6, 6.07) is 20.7. The van der Waals surface area contributed by atoms with Crippen LogP contribution in [0.25, 0.3) is 0 Å². The Labute approximate surface area is 163 Å². The van der Waals surface area contributed by atoms with Gasteiger partial charge in [-0.25, -0.2) is 0 Å². The topological polar surface area (TPSA) is 56.8 Å². The highest BCUT2D eigenvalue weighted by Crippen LogP contribution is 2.42. The van der Waals surface area contributed by atoms with Crippen molar-refractivity contribution < 1.29 is 19.0 Å². The number of ether oxygens (including phenoxy) is 3. The van der Waals surface area contributed by atoms with E-state index in [0.717, 1.165) is 28.2 Å². The summed E-state index contributed by atoms with van der Waals surface area (Å²) in [4.78, 5) is 12.9. The molecule has 0 radical (unpaired) electrons. The van der Waals surface area contributed by atoms with E-state index in [1.165, 1.54) is 0 Å². The van der Waals surface area contributed by atoms with E-state index in [4.69, 9.17) is 14.2 Å². The second kappa shape index (κ2) is 7.64. The second-order valence-corrected chi connectivity index (χ2v) is 6.53. The molecule has 142 valence electrons. The number of methoxy groups -OCH3 is 2. The number of rotatable bonds is 5. The van der Waals surface area contributed by atoms with Gasteiger partial charge in [-0.05, 0) is 18.2 Å². The molecule has 28 heavy (non-hydrogen) atoms. The van der Waals surface area contributed by atoms with Crippen LogP contribution in [0.2, 0.25) is 0 Å². The Morgan fingerprint density at radius 1 is 0.929 bits per heavy atom. The first-order valence-electron chi connectivity index (χ1n) is 9.05. The van der Waals surface area contributed by atoms with E-state index in [0.29, 0.717) is 11.5 Å². The molecule has 1 aliphatic rings. The average Bonchev–Trinajstić information content (AvgIpc) is 2.73. The van der Waals surface area contributed by atoms with Gasteiger partial charge in [0, 0.05) is 22.8 Å². The highest BCUT2D eigenvalue weighted by Gasteiger charge is 2.28. The van der Waals surface area contributed by atoms with Crippen molar-refractivity contribution in [2.45, 2.75) is 12.5 Å². The SMILES string of the molecule is COc1ccc(CC(=O)NC2c3ccccc3Oc3ccccc32)c(OC)c1. The molecule has 0 fully saturated rings. The summed E-state index contributed by atoms with van der Waals surface area (Å²) >= 11 is 0. The third kappa shape index (κ3) is 3.39. The molecule has 0 atom stereocenters. The minimum Gasteiger partial charge on any atom is -0.497 e. The van der Waals surface area contributed by atoms with Crippen molar-refractivity contribution in [3.05, 3.63) is 83.4 Å². The van der Waals surface area contributed by atoms with Gasteiger partial charge in [-0.1, -0.05) is 42.5 Å². The molecule has 1 heterocycles. The maximum atomic E-state index is 12.9. The zero-order chi connectivity index (χ0) is 19.5. The summed E-state index contributed by atoms with van der Waals surface area (Å²) in [7, 11) is 3.18. The predicted molar refractivity (Wildman–Crippen MR) is 106 cm³/mol. The first-order chi connectivity index (χ1) is 13.7. The third-order valence-corrected chi connectivity index (χ3v) is 4.83. The van der Waals surface area contributed by atoms with Crippen LogP contribution in [0.15, 0.2) is 66.7 Å². The smallest absolute Gasteiger partial charge is 0.225 e. The van der Waals surface area contributed by atoms with Crippen LogP contribution in [-0.4, -0.2) is 20.1 Å². The van der Waals surface area contributed by atoms with Gasteiger partial charge in [-0.2, -0.15) is 0 Å². The van der Waals surface area contributed by atoms with Crippen molar-refractivity contribution in [3.8, 4) is 23.0 Å². The van der Waals surface area contributed by atoms with Crippen LogP contribution in [-0.2, 0) is 11.2 Å². The molecule has 3 aromatic rings. The Morgan fingerprint density at radius 2 is 1.57 bits per heavy atom. The number of carbonyl (C=O) groups is 1. The van der Waals surface area contributed by atoms with Gasteiger partial charge in [0.05, 0.1) is 26.7 Å². The lowest BCUT2D eigenvalue weighted by atomic mass is 9.94. The molecule has 0 bridgehead atoms. The molecular weight excluding hydrogens is 354 g/mol. The summed E-state index contributed by atoms with van der Waals surface area (Å²) in [5, 5.41) is 3.15. The number of carbonyl (C=O) groups excluding carboxylic acids is 1. The maximum absolute atomic E-state index is 12.9. The van der Waals surface area contributed by atoms with Crippen LogP contribution in [0.3, 0.4) is 0 Å². The quantitative estimate of drug-likeness (QED) is 0.724. The standard InChI is InChI=1S/C23H21NO4/c1-26-16-12-11-15(21(14-16)27-2)13-22(25)24-23-17-7-3-5-9-19(17)28-20-10-6-4-8-18(20)23/h3-12,14,23H,13H2,1-2H3,(H,24,25). The summed E-state index contributed by atoms with van der Waals surface area (Å²) in [5.41, 5.74) is 2.68. The van der Waals surface area contributed by atoms with Crippen molar-refractivity contribution >= 4 is 5.91 Å². The Bertz CT molecular complexity index is 969.